The quantitative estimate of drug-likeness (QED) is 0.502. The number of sulfonamides is 1. The van der Waals surface area contributed by atoms with Gasteiger partial charge in [-0.1, -0.05) is 12.1 Å². The molecule has 1 aliphatic rings. The van der Waals surface area contributed by atoms with Gasteiger partial charge < -0.3 is 14.8 Å². The van der Waals surface area contributed by atoms with Gasteiger partial charge in [0.2, 0.25) is 6.79 Å². The highest BCUT2D eigenvalue weighted by molar-refractivity contribution is 7.92. The second kappa shape index (κ2) is 6.88. The Kier molecular flexibility index (Phi) is 4.17. The molecule has 152 valence electrons. The van der Waals surface area contributed by atoms with Crippen LogP contribution in [0.1, 0.15) is 0 Å². The minimum atomic E-state index is -3.91. The van der Waals surface area contributed by atoms with Gasteiger partial charge in [-0.25, -0.2) is 18.4 Å². The second-order valence-electron chi connectivity index (χ2n) is 6.56. The summed E-state index contributed by atoms with van der Waals surface area (Å²) in [5.74, 6) is 1.55. The van der Waals surface area contributed by atoms with Crippen LogP contribution < -0.4 is 19.5 Å². The lowest BCUT2D eigenvalue weighted by molar-refractivity contribution is 0.174. The number of ether oxygens (including phenoxy) is 2. The molecule has 0 saturated carbocycles. The third-order valence-corrected chi connectivity index (χ3v) is 5.72. The van der Waals surface area contributed by atoms with Gasteiger partial charge in [-0.15, -0.1) is 0 Å². The minimum absolute atomic E-state index is 0.0222. The predicted molar refractivity (Wildman–Crippen MR) is 109 cm³/mol. The van der Waals surface area contributed by atoms with E-state index in [0.29, 0.717) is 28.2 Å². The average molecular weight is 424 g/mol. The second-order valence-corrected chi connectivity index (χ2v) is 8.24. The van der Waals surface area contributed by atoms with E-state index in [0.717, 1.165) is 0 Å². The van der Waals surface area contributed by atoms with Crippen LogP contribution in [0.4, 0.5) is 17.3 Å². The Morgan fingerprint density at radius 1 is 1.00 bits per heavy atom. The number of aryl methyl sites for hydroxylation is 1. The Balaban J connectivity index is 1.56. The van der Waals surface area contributed by atoms with Gasteiger partial charge in [0.25, 0.3) is 10.0 Å². The zero-order valence-corrected chi connectivity index (χ0v) is 16.5. The van der Waals surface area contributed by atoms with E-state index in [4.69, 9.17) is 9.47 Å². The van der Waals surface area contributed by atoms with Gasteiger partial charge >= 0.3 is 0 Å². The third kappa shape index (κ3) is 3.35. The normalized spacial score (nSPS) is 12.8. The molecule has 2 aromatic heterocycles. The maximum absolute atomic E-state index is 12.8. The first-order valence-electron chi connectivity index (χ1n) is 8.93. The largest absolute Gasteiger partial charge is 0.454 e. The molecule has 4 aromatic rings. The van der Waals surface area contributed by atoms with Crippen molar-refractivity contribution in [2.75, 3.05) is 16.8 Å². The zero-order chi connectivity index (χ0) is 20.7. The van der Waals surface area contributed by atoms with Crippen molar-refractivity contribution in [2.45, 2.75) is 4.90 Å². The summed E-state index contributed by atoms with van der Waals surface area (Å²) in [4.78, 5) is 9.04. The summed E-state index contributed by atoms with van der Waals surface area (Å²) >= 11 is 0. The van der Waals surface area contributed by atoms with Crippen LogP contribution in [0.2, 0.25) is 0 Å². The SMILES string of the molecule is Cn1cc(S(=O)(=O)Nc2nc3ccccc3nc2Nc2ccc3c(c2)OCO3)cn1. The van der Waals surface area contributed by atoms with Crippen molar-refractivity contribution in [1.29, 1.82) is 0 Å². The first-order chi connectivity index (χ1) is 14.5. The van der Waals surface area contributed by atoms with Crippen LogP contribution in [-0.2, 0) is 17.1 Å². The highest BCUT2D eigenvalue weighted by Gasteiger charge is 2.21. The fourth-order valence-electron chi connectivity index (χ4n) is 2.99. The van der Waals surface area contributed by atoms with Gasteiger partial charge in [0.05, 0.1) is 17.2 Å². The number of para-hydroxylation sites is 2. The van der Waals surface area contributed by atoms with Gasteiger partial charge in [0.1, 0.15) is 4.90 Å². The molecule has 0 unspecified atom stereocenters. The summed E-state index contributed by atoms with van der Waals surface area (Å²) in [6.07, 6.45) is 2.67. The van der Waals surface area contributed by atoms with Crippen LogP contribution in [0.15, 0.2) is 59.8 Å². The van der Waals surface area contributed by atoms with E-state index in [2.05, 4.69) is 25.1 Å². The first-order valence-corrected chi connectivity index (χ1v) is 10.4. The number of nitrogens with zero attached hydrogens (tertiary/aromatic N) is 4. The molecule has 0 bridgehead atoms. The Bertz CT molecular complexity index is 1370. The topological polar surface area (TPSA) is 120 Å². The fraction of sp³-hybridized carbons (Fsp3) is 0.105. The molecular weight excluding hydrogens is 408 g/mol. The maximum Gasteiger partial charge on any atom is 0.266 e. The number of nitrogens with one attached hydrogen (secondary N) is 2. The molecule has 5 rings (SSSR count). The number of rotatable bonds is 5. The fourth-order valence-corrected chi connectivity index (χ4v) is 3.99. The molecule has 1 aliphatic heterocycles. The van der Waals surface area contributed by atoms with Crippen LogP contribution >= 0.6 is 0 Å². The van der Waals surface area contributed by atoms with Crippen LogP contribution in [0.5, 0.6) is 11.5 Å². The lowest BCUT2D eigenvalue weighted by Crippen LogP contribution is -2.15. The number of fused-ring (bicyclic) bond motifs is 2. The Morgan fingerprint density at radius 2 is 1.73 bits per heavy atom. The number of anilines is 3. The molecule has 0 saturated heterocycles. The Morgan fingerprint density at radius 3 is 2.47 bits per heavy atom. The van der Waals surface area contributed by atoms with Gasteiger partial charge in [-0.2, -0.15) is 5.10 Å². The molecule has 0 spiro atoms. The molecule has 11 heteroatoms. The molecule has 0 amide bonds. The molecule has 3 heterocycles. The lowest BCUT2D eigenvalue weighted by atomic mass is 10.2. The number of hydrogen-bond donors (Lipinski definition) is 2. The van der Waals surface area contributed by atoms with E-state index in [-0.39, 0.29) is 23.3 Å². The van der Waals surface area contributed by atoms with Crippen LogP contribution in [-0.4, -0.2) is 35.0 Å². The van der Waals surface area contributed by atoms with Crippen LogP contribution in [0, 0.1) is 0 Å². The molecule has 0 radical (unpaired) electrons. The van der Waals surface area contributed by atoms with Crippen molar-refractivity contribution in [3.05, 3.63) is 54.9 Å². The van der Waals surface area contributed by atoms with E-state index in [9.17, 15) is 8.42 Å². The molecule has 2 N–H and O–H groups in total. The third-order valence-electron chi connectivity index (χ3n) is 4.43. The molecule has 30 heavy (non-hydrogen) atoms. The van der Waals surface area contributed by atoms with Gasteiger partial charge in [-0.05, 0) is 24.3 Å². The minimum Gasteiger partial charge on any atom is -0.454 e. The first kappa shape index (κ1) is 18.2. The van der Waals surface area contributed by atoms with E-state index < -0.39 is 10.0 Å². The number of hydrogen-bond acceptors (Lipinski definition) is 8. The molecule has 0 atom stereocenters. The molecule has 2 aromatic carbocycles. The van der Waals surface area contributed by atoms with E-state index >= 15 is 0 Å². The van der Waals surface area contributed by atoms with Gasteiger partial charge in [0.15, 0.2) is 23.1 Å². The highest BCUT2D eigenvalue weighted by atomic mass is 32.2. The number of aromatic nitrogens is 4. The van der Waals surface area contributed by atoms with E-state index in [1.165, 1.54) is 17.1 Å². The van der Waals surface area contributed by atoms with Crippen molar-refractivity contribution in [3.63, 3.8) is 0 Å². The van der Waals surface area contributed by atoms with Crippen molar-refractivity contribution in [1.82, 2.24) is 19.7 Å². The summed E-state index contributed by atoms with van der Waals surface area (Å²) in [5, 5.41) is 7.03. The molecule has 0 aliphatic carbocycles. The lowest BCUT2D eigenvalue weighted by Gasteiger charge is -2.13. The Hall–Kier alpha value is -3.86. The van der Waals surface area contributed by atoms with Crippen molar-refractivity contribution in [2.24, 2.45) is 7.05 Å². The number of benzene rings is 2. The predicted octanol–water partition coefficient (Wildman–Crippen LogP) is 2.64. The zero-order valence-electron chi connectivity index (χ0n) is 15.7. The summed E-state index contributed by atoms with van der Waals surface area (Å²) < 4.78 is 40.3. The summed E-state index contributed by atoms with van der Waals surface area (Å²) in [5.41, 5.74) is 1.81. The highest BCUT2D eigenvalue weighted by Crippen LogP contribution is 2.36. The maximum atomic E-state index is 12.8. The average Bonchev–Trinajstić information content (AvgIpc) is 3.37. The molecular formula is C19H16N6O4S. The van der Waals surface area contributed by atoms with Gasteiger partial charge in [0, 0.05) is 25.0 Å². The summed E-state index contributed by atoms with van der Waals surface area (Å²) in [6.45, 7) is 0.157. The molecule has 0 fully saturated rings. The van der Waals surface area contributed by atoms with Crippen LogP contribution in [0.3, 0.4) is 0 Å². The standard InChI is InChI=1S/C19H16N6O4S/c1-25-10-13(9-20-25)30(26,27)24-19-18(22-14-4-2-3-5-15(14)23-19)21-12-6-7-16-17(8-12)29-11-28-16/h2-10H,11H2,1H3,(H,21,22)(H,23,24). The van der Waals surface area contributed by atoms with Crippen molar-refractivity contribution >= 4 is 38.4 Å². The van der Waals surface area contributed by atoms with Gasteiger partial charge in [-0.3, -0.25) is 9.40 Å². The van der Waals surface area contributed by atoms with Crippen molar-refractivity contribution in [3.8, 4) is 11.5 Å². The monoisotopic (exact) mass is 424 g/mol. The summed E-state index contributed by atoms with van der Waals surface area (Å²) in [6, 6.07) is 12.5. The van der Waals surface area contributed by atoms with Crippen LogP contribution in [0.25, 0.3) is 11.0 Å². The summed E-state index contributed by atoms with van der Waals surface area (Å²) in [7, 11) is -2.27. The molecule has 10 nitrogen and oxygen atoms in total. The van der Waals surface area contributed by atoms with Crippen molar-refractivity contribution < 1.29 is 17.9 Å². The van der Waals surface area contributed by atoms with E-state index in [1.807, 2.05) is 6.07 Å². The van der Waals surface area contributed by atoms with E-state index in [1.54, 1.807) is 43.4 Å². The Labute approximate surface area is 171 Å². The smallest absolute Gasteiger partial charge is 0.266 e.